The van der Waals surface area contributed by atoms with Crippen molar-refractivity contribution in [2.24, 2.45) is 5.92 Å². The van der Waals surface area contributed by atoms with E-state index >= 15 is 0 Å². The Labute approximate surface area is 117 Å². The number of carbonyl (C=O) groups is 1. The fourth-order valence-electron chi connectivity index (χ4n) is 3.36. The third-order valence-electron chi connectivity index (χ3n) is 4.29. The number of fused-ring (bicyclic) bond motifs is 1. The minimum atomic E-state index is -0.591. The molecule has 1 aromatic rings. The number of nitrogens with one attached hydrogen (secondary N) is 1. The normalized spacial score (nSPS) is 26.5. The number of nitrogens with zero attached hydrogens (tertiary/aromatic N) is 1. The first-order valence-electron chi connectivity index (χ1n) is 7.08. The van der Waals surface area contributed by atoms with Crippen LogP contribution in [-0.4, -0.2) is 29.9 Å². The Morgan fingerprint density at radius 2 is 1.95 bits per heavy atom. The predicted octanol–water partition coefficient (Wildman–Crippen LogP) is 2.07. The van der Waals surface area contributed by atoms with Gasteiger partial charge in [0.25, 0.3) is 0 Å². The molecule has 2 aliphatic rings. The molecule has 0 aromatic heterocycles. The molecule has 2 atom stereocenters. The summed E-state index contributed by atoms with van der Waals surface area (Å²) in [6.07, 6.45) is 2.35. The number of benzene rings is 1. The van der Waals surface area contributed by atoms with Crippen molar-refractivity contribution in [3.05, 3.63) is 35.4 Å². The smallest absolute Gasteiger partial charge is 0.223 e. The van der Waals surface area contributed by atoms with E-state index in [1.165, 1.54) is 12.1 Å². The lowest BCUT2D eigenvalue weighted by molar-refractivity contribution is -0.140. The van der Waals surface area contributed by atoms with Gasteiger partial charge in [0.05, 0.1) is 0 Å². The van der Waals surface area contributed by atoms with Gasteiger partial charge in [-0.25, -0.2) is 8.78 Å². The van der Waals surface area contributed by atoms with Crippen LogP contribution in [0.4, 0.5) is 8.78 Å². The standard InChI is InChI=1S/C15H18F2N2O/c16-12-5-10(6-13(17)7-12)9-19-14-3-4-18-8-11(14)1-2-15(19)20/h5-7,11,14,18H,1-4,8-9H2. The van der Waals surface area contributed by atoms with Crippen LogP contribution < -0.4 is 5.32 Å². The first kappa shape index (κ1) is 13.5. The molecule has 2 heterocycles. The molecule has 0 saturated carbocycles. The number of hydrogen-bond donors (Lipinski definition) is 1. The Kier molecular flexibility index (Phi) is 3.70. The lowest BCUT2D eigenvalue weighted by Crippen LogP contribution is -2.54. The Morgan fingerprint density at radius 1 is 1.20 bits per heavy atom. The summed E-state index contributed by atoms with van der Waals surface area (Å²) in [4.78, 5) is 14.0. The summed E-state index contributed by atoms with van der Waals surface area (Å²) in [5.41, 5.74) is 0.523. The quantitative estimate of drug-likeness (QED) is 0.899. The van der Waals surface area contributed by atoms with E-state index in [4.69, 9.17) is 0 Å². The zero-order valence-electron chi connectivity index (χ0n) is 11.2. The summed E-state index contributed by atoms with van der Waals surface area (Å²) in [7, 11) is 0. The average Bonchev–Trinajstić information content (AvgIpc) is 2.41. The minimum absolute atomic E-state index is 0.0952. The van der Waals surface area contributed by atoms with Gasteiger partial charge in [-0.1, -0.05) is 0 Å². The number of likely N-dealkylation sites (tertiary alicyclic amines) is 1. The summed E-state index contributed by atoms with van der Waals surface area (Å²) < 4.78 is 26.5. The highest BCUT2D eigenvalue weighted by molar-refractivity contribution is 5.77. The van der Waals surface area contributed by atoms with Crippen LogP contribution in [0.1, 0.15) is 24.8 Å². The van der Waals surface area contributed by atoms with Crippen molar-refractivity contribution < 1.29 is 13.6 Å². The van der Waals surface area contributed by atoms with E-state index in [0.29, 0.717) is 24.4 Å². The van der Waals surface area contributed by atoms with Crippen molar-refractivity contribution in [1.82, 2.24) is 10.2 Å². The van der Waals surface area contributed by atoms with Crippen LogP contribution in [0.25, 0.3) is 0 Å². The summed E-state index contributed by atoms with van der Waals surface area (Å²) in [5.74, 6) is -0.629. The molecule has 20 heavy (non-hydrogen) atoms. The molecule has 2 fully saturated rings. The summed E-state index contributed by atoms with van der Waals surface area (Å²) in [6, 6.07) is 3.67. The molecule has 2 unspecified atom stereocenters. The molecule has 1 amide bonds. The maximum atomic E-state index is 13.3. The summed E-state index contributed by atoms with van der Waals surface area (Å²) in [5, 5.41) is 3.34. The predicted molar refractivity (Wildman–Crippen MR) is 70.9 cm³/mol. The fraction of sp³-hybridized carbons (Fsp3) is 0.533. The van der Waals surface area contributed by atoms with Gasteiger partial charge in [0.1, 0.15) is 11.6 Å². The van der Waals surface area contributed by atoms with Gasteiger partial charge in [0.2, 0.25) is 5.91 Å². The van der Waals surface area contributed by atoms with Gasteiger partial charge in [-0.15, -0.1) is 0 Å². The lowest BCUT2D eigenvalue weighted by Gasteiger charge is -2.44. The molecule has 0 aliphatic carbocycles. The third kappa shape index (κ3) is 2.68. The Morgan fingerprint density at radius 3 is 2.70 bits per heavy atom. The molecular formula is C15H18F2N2O. The Hall–Kier alpha value is -1.49. The van der Waals surface area contributed by atoms with E-state index < -0.39 is 11.6 Å². The van der Waals surface area contributed by atoms with Gasteiger partial charge in [-0.3, -0.25) is 4.79 Å². The van der Waals surface area contributed by atoms with Gasteiger partial charge < -0.3 is 10.2 Å². The molecule has 0 radical (unpaired) electrons. The average molecular weight is 280 g/mol. The van der Waals surface area contributed by atoms with Gasteiger partial charge in [0, 0.05) is 25.1 Å². The molecule has 2 saturated heterocycles. The molecule has 1 N–H and O–H groups in total. The first-order chi connectivity index (χ1) is 9.63. The van der Waals surface area contributed by atoms with Crippen molar-refractivity contribution in [2.75, 3.05) is 13.1 Å². The number of hydrogen-bond acceptors (Lipinski definition) is 2. The second-order valence-electron chi connectivity index (χ2n) is 5.66. The number of halogens is 2. The molecule has 3 nitrogen and oxygen atoms in total. The molecule has 1 aromatic carbocycles. The zero-order chi connectivity index (χ0) is 14.1. The molecule has 0 bridgehead atoms. The van der Waals surface area contributed by atoms with Crippen LogP contribution in [0, 0.1) is 17.6 Å². The van der Waals surface area contributed by atoms with E-state index in [9.17, 15) is 13.6 Å². The van der Waals surface area contributed by atoms with Crippen LogP contribution >= 0.6 is 0 Å². The molecule has 5 heteroatoms. The van der Waals surface area contributed by atoms with Crippen LogP contribution in [0.2, 0.25) is 0 Å². The largest absolute Gasteiger partial charge is 0.335 e. The molecular weight excluding hydrogens is 262 g/mol. The topological polar surface area (TPSA) is 32.3 Å². The summed E-state index contributed by atoms with van der Waals surface area (Å²) in [6.45, 7) is 2.11. The lowest BCUT2D eigenvalue weighted by atomic mass is 9.84. The van der Waals surface area contributed by atoms with Gasteiger partial charge in [-0.05, 0) is 49.5 Å². The van der Waals surface area contributed by atoms with Crippen molar-refractivity contribution in [3.8, 4) is 0 Å². The second-order valence-corrected chi connectivity index (χ2v) is 5.66. The van der Waals surface area contributed by atoms with Crippen LogP contribution in [-0.2, 0) is 11.3 Å². The Bertz CT molecular complexity index is 500. The highest BCUT2D eigenvalue weighted by Crippen LogP contribution is 2.30. The van der Waals surface area contributed by atoms with Gasteiger partial charge >= 0.3 is 0 Å². The van der Waals surface area contributed by atoms with E-state index in [1.54, 1.807) is 0 Å². The van der Waals surface area contributed by atoms with E-state index in [-0.39, 0.29) is 11.9 Å². The number of piperidine rings is 2. The maximum Gasteiger partial charge on any atom is 0.223 e. The van der Waals surface area contributed by atoms with Crippen molar-refractivity contribution in [1.29, 1.82) is 0 Å². The van der Waals surface area contributed by atoms with Gasteiger partial charge in [-0.2, -0.15) is 0 Å². The number of carbonyl (C=O) groups excluding carboxylic acids is 1. The van der Waals surface area contributed by atoms with E-state index in [0.717, 1.165) is 32.0 Å². The minimum Gasteiger partial charge on any atom is -0.335 e. The zero-order valence-corrected chi connectivity index (χ0v) is 11.2. The van der Waals surface area contributed by atoms with E-state index in [1.807, 2.05) is 4.90 Å². The monoisotopic (exact) mass is 280 g/mol. The van der Waals surface area contributed by atoms with Crippen molar-refractivity contribution in [3.63, 3.8) is 0 Å². The Balaban J connectivity index is 1.81. The highest BCUT2D eigenvalue weighted by atomic mass is 19.1. The molecule has 3 rings (SSSR count). The highest BCUT2D eigenvalue weighted by Gasteiger charge is 2.36. The number of rotatable bonds is 2. The molecule has 108 valence electrons. The van der Waals surface area contributed by atoms with Crippen molar-refractivity contribution >= 4 is 5.91 Å². The van der Waals surface area contributed by atoms with Crippen LogP contribution in [0.15, 0.2) is 18.2 Å². The molecule has 2 aliphatic heterocycles. The molecule has 0 spiro atoms. The van der Waals surface area contributed by atoms with Crippen molar-refractivity contribution in [2.45, 2.75) is 31.8 Å². The summed E-state index contributed by atoms with van der Waals surface area (Å²) >= 11 is 0. The SMILES string of the molecule is O=C1CCC2CNCCC2N1Cc1cc(F)cc(F)c1. The number of amides is 1. The van der Waals surface area contributed by atoms with Crippen LogP contribution in [0.3, 0.4) is 0 Å². The second kappa shape index (κ2) is 5.48. The van der Waals surface area contributed by atoms with Gasteiger partial charge in [0.15, 0.2) is 0 Å². The van der Waals surface area contributed by atoms with E-state index in [2.05, 4.69) is 5.32 Å². The van der Waals surface area contributed by atoms with Crippen LogP contribution in [0.5, 0.6) is 0 Å². The first-order valence-corrected chi connectivity index (χ1v) is 7.08. The fourth-order valence-corrected chi connectivity index (χ4v) is 3.36. The maximum absolute atomic E-state index is 13.3. The third-order valence-corrected chi connectivity index (χ3v) is 4.29.